The highest BCUT2D eigenvalue weighted by Gasteiger charge is 2.74. The lowest BCUT2D eigenvalue weighted by molar-refractivity contribution is -0.145. The number of benzene rings is 1. The molecule has 4 heterocycles. The molecular formula is C30H34FN7O5S2. The quantitative estimate of drug-likeness (QED) is 0.373. The number of aromatic nitrogens is 1. The van der Waals surface area contributed by atoms with E-state index in [2.05, 4.69) is 19.9 Å². The van der Waals surface area contributed by atoms with Crippen molar-refractivity contribution in [3.05, 3.63) is 63.0 Å². The van der Waals surface area contributed by atoms with E-state index in [1.54, 1.807) is 25.3 Å². The number of rotatable bonds is 9. The van der Waals surface area contributed by atoms with E-state index in [-0.39, 0.29) is 35.0 Å². The average molecular weight is 656 g/mol. The molecule has 4 saturated carbocycles. The lowest BCUT2D eigenvalue weighted by atomic mass is 9.44. The van der Waals surface area contributed by atoms with Crippen LogP contribution in [0, 0.1) is 12.7 Å². The zero-order chi connectivity index (χ0) is 31.3. The molecule has 1 aromatic carbocycles. The first kappa shape index (κ1) is 29.0. The van der Waals surface area contributed by atoms with Gasteiger partial charge in [-0.1, -0.05) is 12.1 Å². The lowest BCUT2D eigenvalue weighted by Gasteiger charge is -2.72. The van der Waals surface area contributed by atoms with Gasteiger partial charge in [-0.05, 0) is 56.2 Å². The summed E-state index contributed by atoms with van der Waals surface area (Å²) >= 11 is 1.38. The Morgan fingerprint density at radius 1 is 1.22 bits per heavy atom. The first-order chi connectivity index (χ1) is 21.5. The number of carbonyl (C=O) groups is 2. The van der Waals surface area contributed by atoms with Crippen LogP contribution in [0.15, 0.2) is 46.0 Å². The van der Waals surface area contributed by atoms with Gasteiger partial charge in [-0.15, -0.1) is 11.3 Å². The van der Waals surface area contributed by atoms with Crippen LogP contribution in [0.2, 0.25) is 0 Å². The number of thiazole rings is 1. The standard InChI is InChI=1S/C30H34FN7O5S2/c1-17-20(3-2-4-21(17)31)24-23(27(39)40)22(33-25(34-24)26-32-7-10-44-26)13-36-8-9-37-18(11-36)12-38(28(37)41)30-14-29(15-30,16-30)35-45(42,43)19-5-6-19/h2-4,7,10,18-19,24,35H,5-6,8-9,11-16H2,1H3,(H,33,34)(H,39,40)/t18-,24-,29?,30?/m0/s1. The second kappa shape index (κ2) is 10.0. The van der Waals surface area contributed by atoms with Gasteiger partial charge in [-0.3, -0.25) is 9.89 Å². The zero-order valence-corrected chi connectivity index (χ0v) is 26.3. The normalized spacial score (nSPS) is 31.2. The Morgan fingerprint density at radius 3 is 2.69 bits per heavy atom. The minimum absolute atomic E-state index is 0.000866. The van der Waals surface area contributed by atoms with Crippen LogP contribution in [0.4, 0.5) is 9.18 Å². The number of urea groups is 1. The Morgan fingerprint density at radius 2 is 2.00 bits per heavy atom. The number of aliphatic imine (C=N–C) groups is 1. The molecule has 0 radical (unpaired) electrons. The molecule has 2 atom stereocenters. The van der Waals surface area contributed by atoms with Gasteiger partial charge in [0.2, 0.25) is 10.0 Å². The third-order valence-corrected chi connectivity index (χ3v) is 13.2. The molecular weight excluding hydrogens is 622 g/mol. The van der Waals surface area contributed by atoms with Crippen LogP contribution in [0.25, 0.3) is 0 Å². The average Bonchev–Trinajstić information content (AvgIpc) is 3.60. The van der Waals surface area contributed by atoms with Gasteiger partial charge in [-0.2, -0.15) is 0 Å². The number of carboxylic acids is 1. The molecule has 2 amide bonds. The van der Waals surface area contributed by atoms with Gasteiger partial charge in [0.25, 0.3) is 0 Å². The number of nitrogens with one attached hydrogen (secondary N) is 2. The van der Waals surface area contributed by atoms with Crippen molar-refractivity contribution in [2.24, 2.45) is 4.99 Å². The summed E-state index contributed by atoms with van der Waals surface area (Å²) in [7, 11) is -3.28. The van der Waals surface area contributed by atoms with Crippen molar-refractivity contribution >= 4 is 39.2 Å². The molecule has 9 rings (SSSR count). The molecule has 6 fully saturated rings. The highest BCUT2D eigenvalue weighted by molar-refractivity contribution is 7.90. The molecule has 45 heavy (non-hydrogen) atoms. The molecule has 238 valence electrons. The summed E-state index contributed by atoms with van der Waals surface area (Å²) in [5.41, 5.74) is 0.663. The summed E-state index contributed by atoms with van der Waals surface area (Å²) < 4.78 is 42.6. The minimum Gasteiger partial charge on any atom is -0.478 e. The van der Waals surface area contributed by atoms with Gasteiger partial charge in [-0.25, -0.2) is 32.1 Å². The molecule has 12 nitrogen and oxygen atoms in total. The van der Waals surface area contributed by atoms with Gasteiger partial charge in [0.05, 0.1) is 22.4 Å². The molecule has 1 aromatic heterocycles. The fourth-order valence-corrected chi connectivity index (χ4v) is 10.3. The lowest BCUT2D eigenvalue weighted by Crippen LogP contribution is -2.84. The van der Waals surface area contributed by atoms with Crippen molar-refractivity contribution in [3.63, 3.8) is 0 Å². The third kappa shape index (κ3) is 4.69. The monoisotopic (exact) mass is 655 g/mol. The van der Waals surface area contributed by atoms with Crippen molar-refractivity contribution in [2.75, 3.05) is 32.7 Å². The molecule has 0 unspecified atom stereocenters. The number of carboxylic acid groups (broad SMARTS) is 1. The van der Waals surface area contributed by atoms with Crippen LogP contribution in [0.5, 0.6) is 0 Å². The molecule has 3 N–H and O–H groups in total. The second-order valence-electron chi connectivity index (χ2n) is 13.4. The Hall–Kier alpha value is -3.40. The molecule has 2 aromatic rings. The van der Waals surface area contributed by atoms with Crippen molar-refractivity contribution in [3.8, 4) is 0 Å². The summed E-state index contributed by atoms with van der Waals surface area (Å²) in [4.78, 5) is 41.4. The number of halogens is 1. The fourth-order valence-electron chi connectivity index (χ4n) is 7.99. The van der Waals surface area contributed by atoms with Crippen molar-refractivity contribution in [2.45, 2.75) is 67.4 Å². The highest BCUT2D eigenvalue weighted by atomic mass is 32.2. The molecule has 2 bridgehead atoms. The van der Waals surface area contributed by atoms with Crippen LogP contribution in [0.1, 0.15) is 54.3 Å². The SMILES string of the molecule is Cc1c(F)cccc1[C@@H]1N=C(c2nccs2)NC(CN2CCN3C(=O)N(C45CC(NS(=O)(=O)C6CC6)(C4)C5)C[C@@H]3C2)=C1C(=O)O. The van der Waals surface area contributed by atoms with Crippen LogP contribution in [-0.2, 0) is 14.8 Å². The first-order valence-electron chi connectivity index (χ1n) is 15.3. The minimum atomic E-state index is -3.28. The van der Waals surface area contributed by atoms with E-state index in [9.17, 15) is 27.5 Å². The Bertz CT molecular complexity index is 1750. The summed E-state index contributed by atoms with van der Waals surface area (Å²) in [6.07, 6.45) is 5.06. The van der Waals surface area contributed by atoms with Crippen molar-refractivity contribution in [1.29, 1.82) is 0 Å². The predicted octanol–water partition coefficient (Wildman–Crippen LogP) is 2.20. The number of amides is 2. The summed E-state index contributed by atoms with van der Waals surface area (Å²) in [6, 6.07) is 3.63. The number of hydrogen-bond donors (Lipinski definition) is 3. The Labute approximate surface area is 264 Å². The van der Waals surface area contributed by atoms with E-state index < -0.39 is 33.4 Å². The maximum atomic E-state index is 14.6. The maximum absolute atomic E-state index is 14.6. The van der Waals surface area contributed by atoms with Gasteiger partial charge in [0.1, 0.15) is 11.9 Å². The van der Waals surface area contributed by atoms with Crippen LogP contribution < -0.4 is 10.0 Å². The molecule has 7 aliphatic rings. The maximum Gasteiger partial charge on any atom is 0.335 e. The predicted molar refractivity (Wildman–Crippen MR) is 164 cm³/mol. The topological polar surface area (TPSA) is 148 Å². The molecule has 2 saturated heterocycles. The van der Waals surface area contributed by atoms with Gasteiger partial charge >= 0.3 is 12.0 Å². The summed E-state index contributed by atoms with van der Waals surface area (Å²) in [5.74, 6) is -1.12. The van der Waals surface area contributed by atoms with Gasteiger partial charge in [0, 0.05) is 55.5 Å². The number of piperazine rings is 1. The Kier molecular flexibility index (Phi) is 6.48. The summed E-state index contributed by atoms with van der Waals surface area (Å²) in [5, 5.41) is 15.8. The van der Waals surface area contributed by atoms with E-state index >= 15 is 0 Å². The number of aliphatic carboxylic acids is 1. The number of carbonyl (C=O) groups excluding carboxylic acids is 1. The third-order valence-electron chi connectivity index (χ3n) is 10.3. The largest absolute Gasteiger partial charge is 0.478 e. The highest BCUT2D eigenvalue weighted by Crippen LogP contribution is 2.65. The van der Waals surface area contributed by atoms with E-state index in [1.807, 2.05) is 15.2 Å². The molecule has 4 aliphatic carbocycles. The molecule has 3 aliphatic heterocycles. The molecule has 15 heteroatoms. The van der Waals surface area contributed by atoms with E-state index in [4.69, 9.17) is 4.99 Å². The van der Waals surface area contributed by atoms with E-state index in [0.29, 0.717) is 73.1 Å². The number of hydrogen-bond acceptors (Lipinski definition) is 9. The van der Waals surface area contributed by atoms with Crippen molar-refractivity contribution < 1.29 is 27.5 Å². The number of amidine groups is 1. The van der Waals surface area contributed by atoms with Gasteiger partial charge < -0.3 is 20.2 Å². The number of nitrogens with zero attached hydrogens (tertiary/aromatic N) is 5. The molecule has 0 spiro atoms. The fraction of sp³-hybridized carbons (Fsp3) is 0.533. The van der Waals surface area contributed by atoms with Crippen LogP contribution in [-0.4, -0.2) is 106 Å². The van der Waals surface area contributed by atoms with E-state index in [0.717, 1.165) is 12.8 Å². The van der Waals surface area contributed by atoms with E-state index in [1.165, 1.54) is 17.4 Å². The Balaban J connectivity index is 1.00. The van der Waals surface area contributed by atoms with Crippen LogP contribution >= 0.6 is 11.3 Å². The zero-order valence-electron chi connectivity index (χ0n) is 24.7. The number of fused-ring (bicyclic) bond motifs is 1. The summed E-state index contributed by atoms with van der Waals surface area (Å²) in [6.45, 7) is 4.08. The second-order valence-corrected chi connectivity index (χ2v) is 16.2. The number of sulfonamides is 1. The van der Waals surface area contributed by atoms with Crippen molar-refractivity contribution in [1.82, 2.24) is 29.7 Å². The van der Waals surface area contributed by atoms with Crippen LogP contribution in [0.3, 0.4) is 0 Å². The smallest absolute Gasteiger partial charge is 0.335 e. The first-order valence-corrected chi connectivity index (χ1v) is 17.7. The van der Waals surface area contributed by atoms with Gasteiger partial charge in [0.15, 0.2) is 10.8 Å².